The maximum absolute atomic E-state index is 17.0. The van der Waals surface area contributed by atoms with E-state index in [9.17, 15) is 0 Å². The number of aromatic nitrogens is 3. The third kappa shape index (κ3) is 4.58. The van der Waals surface area contributed by atoms with Crippen molar-refractivity contribution in [2.24, 2.45) is 12.2 Å². The van der Waals surface area contributed by atoms with Crippen molar-refractivity contribution in [1.29, 1.82) is 0 Å². The number of benzene rings is 1. The van der Waals surface area contributed by atoms with Crippen LogP contribution in [0.2, 0.25) is 0 Å². The van der Waals surface area contributed by atoms with E-state index >= 15 is 8.63 Å². The Balaban J connectivity index is 1.61. The van der Waals surface area contributed by atoms with Gasteiger partial charge in [0.25, 0.3) is 0 Å². The first-order valence-electron chi connectivity index (χ1n) is 13.5. The van der Waals surface area contributed by atoms with Crippen molar-refractivity contribution in [3.05, 3.63) is 147 Å². The maximum atomic E-state index is 17.0. The fourth-order valence-corrected chi connectivity index (χ4v) is 5.69. The van der Waals surface area contributed by atoms with E-state index in [0.29, 0.717) is 39.8 Å². The molecule has 0 saturated carbocycles. The third-order valence-electron chi connectivity index (χ3n) is 7.56. The van der Waals surface area contributed by atoms with Gasteiger partial charge >= 0.3 is 6.97 Å². The van der Waals surface area contributed by atoms with Crippen molar-refractivity contribution in [3.8, 4) is 0 Å². The van der Waals surface area contributed by atoms with Gasteiger partial charge in [-0.3, -0.25) is 4.98 Å². The lowest BCUT2D eigenvalue weighted by Crippen LogP contribution is -2.51. The van der Waals surface area contributed by atoms with Gasteiger partial charge in [-0.1, -0.05) is 35.4 Å². The van der Waals surface area contributed by atoms with E-state index in [4.69, 9.17) is 5.53 Å². The van der Waals surface area contributed by atoms with Gasteiger partial charge in [0.1, 0.15) is 7.05 Å². The first kappa shape index (κ1) is 26.9. The van der Waals surface area contributed by atoms with Crippen LogP contribution in [0.4, 0.5) is 14.3 Å². The molecule has 2 aliphatic rings. The summed E-state index contributed by atoms with van der Waals surface area (Å²) in [6.45, 7) is -0.574. The number of halogens is 2. The molecule has 2 aliphatic heterocycles. The molecular weight excluding hydrogens is 531 g/mol. The molecule has 0 radical (unpaired) electrons. The number of aryl methyl sites for hydroxylation is 2. The molecule has 42 heavy (non-hydrogen) atoms. The van der Waals surface area contributed by atoms with E-state index in [2.05, 4.69) is 15.0 Å². The van der Waals surface area contributed by atoms with E-state index in [1.165, 1.54) is 4.49 Å². The van der Waals surface area contributed by atoms with Crippen LogP contribution >= 0.6 is 0 Å². The molecule has 10 heteroatoms. The van der Waals surface area contributed by atoms with Crippen LogP contribution in [-0.4, -0.2) is 26.6 Å². The third-order valence-corrected chi connectivity index (χ3v) is 7.56. The minimum Gasteiger partial charge on any atom is -0.390 e. The van der Waals surface area contributed by atoms with Crippen molar-refractivity contribution in [2.75, 3.05) is 0 Å². The predicted octanol–water partition coefficient (Wildman–Crippen LogP) is 7.25. The van der Waals surface area contributed by atoms with Crippen LogP contribution in [-0.2, 0) is 7.05 Å². The predicted molar refractivity (Wildman–Crippen MR) is 163 cm³/mol. The summed E-state index contributed by atoms with van der Waals surface area (Å²) in [5, 5.41) is 3.68. The summed E-state index contributed by atoms with van der Waals surface area (Å²) in [6.07, 6.45) is 12.4. The van der Waals surface area contributed by atoms with Gasteiger partial charge in [-0.15, -0.1) is 0 Å². The minimum absolute atomic E-state index is 0.378. The summed E-state index contributed by atoms with van der Waals surface area (Å²) in [4.78, 5) is 7.18. The first-order chi connectivity index (χ1) is 20.3. The number of azide groups is 1. The Morgan fingerprint density at radius 3 is 2.48 bits per heavy atom. The molecule has 4 aromatic rings. The number of rotatable bonds is 6. The molecular formula is C32H27BF2N7+. The molecule has 1 aromatic carbocycles. The lowest BCUT2D eigenvalue weighted by atomic mass is 9.83. The molecule has 0 aliphatic carbocycles. The normalized spacial score (nSPS) is 15.7. The zero-order valence-corrected chi connectivity index (χ0v) is 23.4. The van der Waals surface area contributed by atoms with Crippen LogP contribution in [0.1, 0.15) is 40.8 Å². The van der Waals surface area contributed by atoms with Crippen molar-refractivity contribution in [1.82, 2.24) is 9.46 Å². The van der Waals surface area contributed by atoms with Crippen LogP contribution < -0.4 is 4.57 Å². The molecule has 7 nitrogen and oxygen atoms in total. The Labute approximate surface area is 242 Å². The van der Waals surface area contributed by atoms with Gasteiger partial charge in [-0.05, 0) is 66.9 Å². The summed E-state index contributed by atoms with van der Waals surface area (Å²) < 4.78 is 38.2. The highest BCUT2D eigenvalue weighted by Crippen LogP contribution is 2.45. The number of nitrogens with zero attached hydrogens (tertiary/aromatic N) is 7. The van der Waals surface area contributed by atoms with E-state index in [1.807, 2.05) is 92.3 Å². The van der Waals surface area contributed by atoms with Gasteiger partial charge in [-0.25, -0.2) is 4.57 Å². The van der Waals surface area contributed by atoms with E-state index in [-0.39, 0.29) is 0 Å². The summed E-state index contributed by atoms with van der Waals surface area (Å²) in [6, 6.07) is 20.1. The second kappa shape index (κ2) is 10.6. The quantitative estimate of drug-likeness (QED) is 0.0808. The SMILES string of the molecule is CC1=CC(/C=C/c2cccc[n+]2C)=[N+]2C1=C(c1ccc(N=[N+]=[N-])cc1)c1c(C)cc(/C=C/c3ccccn3)n1[B-]2(F)F. The highest BCUT2D eigenvalue weighted by Gasteiger charge is 2.55. The lowest BCUT2D eigenvalue weighted by molar-refractivity contribution is -0.673. The fraction of sp³-hybridized carbons (Fsp3) is 0.0938. The van der Waals surface area contributed by atoms with Gasteiger partial charge in [0.15, 0.2) is 17.6 Å². The molecule has 0 unspecified atom stereocenters. The van der Waals surface area contributed by atoms with Crippen LogP contribution in [0.5, 0.6) is 0 Å². The second-order valence-corrected chi connectivity index (χ2v) is 10.3. The Morgan fingerprint density at radius 2 is 1.76 bits per heavy atom. The Hall–Kier alpha value is -5.34. The smallest absolute Gasteiger partial charge is 0.390 e. The minimum atomic E-state index is -4.29. The number of hydrogen-bond donors (Lipinski definition) is 0. The maximum Gasteiger partial charge on any atom is 0.737 e. The van der Waals surface area contributed by atoms with Gasteiger partial charge in [0.2, 0.25) is 5.69 Å². The number of hydrogen-bond acceptors (Lipinski definition) is 2. The average Bonchev–Trinajstić information content (AvgIpc) is 3.50. The molecule has 5 heterocycles. The molecule has 0 saturated heterocycles. The summed E-state index contributed by atoms with van der Waals surface area (Å²) in [5.74, 6) is 0. The van der Waals surface area contributed by atoms with Gasteiger partial charge < -0.3 is 17.6 Å². The second-order valence-electron chi connectivity index (χ2n) is 10.3. The summed E-state index contributed by atoms with van der Waals surface area (Å²) >= 11 is 0. The van der Waals surface area contributed by atoms with Gasteiger partial charge in [0, 0.05) is 64.1 Å². The number of pyridine rings is 2. The molecule has 0 N–H and O–H groups in total. The summed E-state index contributed by atoms with van der Waals surface area (Å²) in [7, 11) is 1.91. The van der Waals surface area contributed by atoms with Crippen molar-refractivity contribution in [2.45, 2.75) is 13.8 Å². The monoisotopic (exact) mass is 558 g/mol. The van der Waals surface area contributed by atoms with Crippen LogP contribution in [0.3, 0.4) is 0 Å². The highest BCUT2D eigenvalue weighted by atomic mass is 19.2. The largest absolute Gasteiger partial charge is 0.737 e. The molecule has 0 amide bonds. The zero-order valence-electron chi connectivity index (χ0n) is 23.4. The van der Waals surface area contributed by atoms with Gasteiger partial charge in [-0.2, -0.15) is 0 Å². The van der Waals surface area contributed by atoms with Crippen molar-refractivity contribution < 1.29 is 17.7 Å². The summed E-state index contributed by atoms with van der Waals surface area (Å²) in [5.41, 5.74) is 15.5. The number of allylic oxidation sites excluding steroid dienone is 3. The van der Waals surface area contributed by atoms with E-state index in [0.717, 1.165) is 26.9 Å². The fourth-order valence-electron chi connectivity index (χ4n) is 5.69. The average molecular weight is 558 g/mol. The molecule has 206 valence electrons. The molecule has 6 rings (SSSR count). The van der Waals surface area contributed by atoms with E-state index < -0.39 is 6.97 Å². The van der Waals surface area contributed by atoms with E-state index in [1.54, 1.807) is 42.6 Å². The molecule has 3 aromatic heterocycles. The standard InChI is InChI=1S/C32H27BF2N7/c1-22-20-28(15-14-25-8-4-6-18-37-25)41-31(22)30(24-10-12-26(13-11-24)38-39-36)32-23(2)21-29(42(32)33(41,34)35)17-16-27-9-5-7-19-40(27)3/h4-21H,1-3H3/q+1/b15-14+. The Bertz CT molecular complexity index is 1920. The van der Waals surface area contributed by atoms with Crippen molar-refractivity contribution in [3.63, 3.8) is 0 Å². The van der Waals surface area contributed by atoms with Crippen LogP contribution in [0, 0.1) is 6.92 Å². The lowest BCUT2D eigenvalue weighted by Gasteiger charge is -2.34. The van der Waals surface area contributed by atoms with Gasteiger partial charge in [0.05, 0.1) is 11.3 Å². The Morgan fingerprint density at radius 1 is 0.976 bits per heavy atom. The van der Waals surface area contributed by atoms with Crippen LogP contribution in [0.25, 0.3) is 34.2 Å². The number of fused-ring (bicyclic) bond motifs is 2. The van der Waals surface area contributed by atoms with Crippen molar-refractivity contribution >= 4 is 42.2 Å². The molecule has 0 fully saturated rings. The first-order valence-corrected chi connectivity index (χ1v) is 13.5. The van der Waals surface area contributed by atoms with Crippen LogP contribution in [0.15, 0.2) is 108 Å². The molecule has 0 bridgehead atoms. The topological polar surface area (TPSA) is 73.5 Å². The highest BCUT2D eigenvalue weighted by molar-refractivity contribution is 6.58. The Kier molecular flexibility index (Phi) is 6.76. The zero-order chi connectivity index (χ0) is 29.4. The molecule has 0 atom stereocenters. The molecule has 0 spiro atoms.